The maximum atomic E-state index is 12.1. The second-order valence-electron chi connectivity index (χ2n) is 4.91. The number of rotatable bonds is 5. The summed E-state index contributed by atoms with van der Waals surface area (Å²) in [4.78, 5) is 25.6. The van der Waals surface area contributed by atoms with Crippen LogP contribution in [0.3, 0.4) is 0 Å². The molecule has 5 heteroatoms. The lowest BCUT2D eigenvalue weighted by molar-refractivity contribution is -0.147. The van der Waals surface area contributed by atoms with E-state index in [1.165, 1.54) is 7.11 Å². The normalized spacial score (nSPS) is 23.4. The Balaban J connectivity index is 2.62. The average molecular weight is 256 g/mol. The van der Waals surface area contributed by atoms with Gasteiger partial charge in [-0.3, -0.25) is 14.5 Å². The SMILES string of the molecule is CCC(C)NC(=O)C(C)N1CCCC1C(=O)OC. The Hall–Kier alpha value is -1.10. The molecule has 3 atom stereocenters. The van der Waals surface area contributed by atoms with Crippen LogP contribution in [0.1, 0.15) is 40.0 Å². The number of nitrogens with one attached hydrogen (secondary N) is 1. The number of carbonyl (C=O) groups excluding carboxylic acids is 2. The van der Waals surface area contributed by atoms with Crippen LogP contribution in [0.25, 0.3) is 0 Å². The van der Waals surface area contributed by atoms with Gasteiger partial charge in [-0.05, 0) is 39.7 Å². The molecule has 1 amide bonds. The van der Waals surface area contributed by atoms with Gasteiger partial charge in [-0.2, -0.15) is 0 Å². The lowest BCUT2D eigenvalue weighted by Gasteiger charge is -2.28. The van der Waals surface area contributed by atoms with E-state index in [4.69, 9.17) is 4.74 Å². The van der Waals surface area contributed by atoms with Crippen LogP contribution in [0.5, 0.6) is 0 Å². The molecule has 0 aromatic carbocycles. The number of methoxy groups -OCH3 is 1. The molecule has 0 aromatic heterocycles. The minimum absolute atomic E-state index is 0.0137. The Morgan fingerprint density at radius 1 is 1.44 bits per heavy atom. The Bertz CT molecular complexity index is 307. The number of nitrogens with zero attached hydrogens (tertiary/aromatic N) is 1. The summed E-state index contributed by atoms with van der Waals surface area (Å²) < 4.78 is 4.78. The zero-order valence-corrected chi connectivity index (χ0v) is 11.7. The maximum Gasteiger partial charge on any atom is 0.323 e. The summed E-state index contributed by atoms with van der Waals surface area (Å²) >= 11 is 0. The number of hydrogen-bond acceptors (Lipinski definition) is 4. The van der Waals surface area contributed by atoms with Crippen molar-refractivity contribution in [2.45, 2.75) is 58.2 Å². The monoisotopic (exact) mass is 256 g/mol. The molecule has 1 fully saturated rings. The first-order chi connectivity index (χ1) is 8.51. The summed E-state index contributed by atoms with van der Waals surface area (Å²) in [6.45, 7) is 6.63. The van der Waals surface area contributed by atoms with Crippen molar-refractivity contribution in [1.29, 1.82) is 0 Å². The van der Waals surface area contributed by atoms with Crippen molar-refractivity contribution in [2.24, 2.45) is 0 Å². The number of amides is 1. The minimum Gasteiger partial charge on any atom is -0.468 e. The molecule has 0 saturated carbocycles. The highest BCUT2D eigenvalue weighted by molar-refractivity contribution is 5.83. The molecule has 0 radical (unpaired) electrons. The predicted molar refractivity (Wildman–Crippen MR) is 69.1 cm³/mol. The minimum atomic E-state index is -0.286. The highest BCUT2D eigenvalue weighted by atomic mass is 16.5. The Labute approximate surface area is 109 Å². The third kappa shape index (κ3) is 3.45. The number of likely N-dealkylation sites (tertiary alicyclic amines) is 1. The standard InChI is InChI=1S/C13H24N2O3/c1-5-9(2)14-12(16)10(3)15-8-6-7-11(15)13(17)18-4/h9-11H,5-8H2,1-4H3,(H,14,16). The van der Waals surface area contributed by atoms with Gasteiger partial charge in [-0.15, -0.1) is 0 Å². The fourth-order valence-corrected chi connectivity index (χ4v) is 2.26. The molecule has 18 heavy (non-hydrogen) atoms. The van der Waals surface area contributed by atoms with Crippen molar-refractivity contribution in [3.05, 3.63) is 0 Å². The van der Waals surface area contributed by atoms with Crippen molar-refractivity contribution < 1.29 is 14.3 Å². The second-order valence-corrected chi connectivity index (χ2v) is 4.91. The van der Waals surface area contributed by atoms with E-state index < -0.39 is 0 Å². The number of carbonyl (C=O) groups is 2. The molecule has 1 aliphatic rings. The lowest BCUT2D eigenvalue weighted by atomic mass is 10.1. The molecular formula is C13H24N2O3. The molecule has 1 saturated heterocycles. The fourth-order valence-electron chi connectivity index (χ4n) is 2.26. The van der Waals surface area contributed by atoms with E-state index in [9.17, 15) is 9.59 Å². The first kappa shape index (κ1) is 15.0. The van der Waals surface area contributed by atoms with Gasteiger partial charge in [-0.1, -0.05) is 6.92 Å². The summed E-state index contributed by atoms with van der Waals surface area (Å²) in [5, 5.41) is 2.95. The Morgan fingerprint density at radius 2 is 2.11 bits per heavy atom. The van der Waals surface area contributed by atoms with E-state index in [1.54, 1.807) is 0 Å². The molecule has 1 N–H and O–H groups in total. The van der Waals surface area contributed by atoms with E-state index in [1.807, 2.05) is 25.7 Å². The molecule has 1 heterocycles. The van der Waals surface area contributed by atoms with Gasteiger partial charge >= 0.3 is 5.97 Å². The highest BCUT2D eigenvalue weighted by Crippen LogP contribution is 2.21. The first-order valence-corrected chi connectivity index (χ1v) is 6.65. The molecule has 0 aliphatic carbocycles. The van der Waals surface area contributed by atoms with Gasteiger partial charge in [0.2, 0.25) is 5.91 Å². The fraction of sp³-hybridized carbons (Fsp3) is 0.846. The molecule has 3 unspecified atom stereocenters. The van der Waals surface area contributed by atoms with Crippen LogP contribution < -0.4 is 5.32 Å². The van der Waals surface area contributed by atoms with Gasteiger partial charge in [0.15, 0.2) is 0 Å². The summed E-state index contributed by atoms with van der Waals surface area (Å²) in [5.74, 6) is -0.254. The van der Waals surface area contributed by atoms with Crippen LogP contribution in [0.15, 0.2) is 0 Å². The van der Waals surface area contributed by atoms with Crippen molar-refractivity contribution in [2.75, 3.05) is 13.7 Å². The quantitative estimate of drug-likeness (QED) is 0.743. The molecule has 1 aliphatic heterocycles. The van der Waals surface area contributed by atoms with Gasteiger partial charge in [0, 0.05) is 6.04 Å². The topological polar surface area (TPSA) is 58.6 Å². The van der Waals surface area contributed by atoms with E-state index in [0.29, 0.717) is 0 Å². The third-order valence-corrected chi connectivity index (χ3v) is 3.65. The molecule has 1 rings (SSSR count). The number of ether oxygens (including phenoxy) is 1. The zero-order valence-electron chi connectivity index (χ0n) is 11.7. The summed E-state index contributed by atoms with van der Waals surface area (Å²) in [6.07, 6.45) is 2.60. The number of esters is 1. The largest absolute Gasteiger partial charge is 0.468 e. The van der Waals surface area contributed by atoms with E-state index in [2.05, 4.69) is 5.32 Å². The van der Waals surface area contributed by atoms with Crippen molar-refractivity contribution in [3.8, 4) is 0 Å². The second kappa shape index (κ2) is 6.73. The van der Waals surface area contributed by atoms with Gasteiger partial charge in [0.25, 0.3) is 0 Å². The van der Waals surface area contributed by atoms with E-state index >= 15 is 0 Å². The van der Waals surface area contributed by atoms with E-state index in [0.717, 1.165) is 25.8 Å². The van der Waals surface area contributed by atoms with Crippen LogP contribution in [-0.4, -0.2) is 48.6 Å². The summed E-state index contributed by atoms with van der Waals surface area (Å²) in [5.41, 5.74) is 0. The van der Waals surface area contributed by atoms with Gasteiger partial charge in [0.05, 0.1) is 13.2 Å². The average Bonchev–Trinajstić information content (AvgIpc) is 2.85. The highest BCUT2D eigenvalue weighted by Gasteiger charge is 2.37. The van der Waals surface area contributed by atoms with Crippen LogP contribution >= 0.6 is 0 Å². The van der Waals surface area contributed by atoms with Crippen molar-refractivity contribution in [3.63, 3.8) is 0 Å². The zero-order chi connectivity index (χ0) is 13.7. The van der Waals surface area contributed by atoms with Gasteiger partial charge in [0.1, 0.15) is 6.04 Å². The Morgan fingerprint density at radius 3 is 2.67 bits per heavy atom. The van der Waals surface area contributed by atoms with Gasteiger partial charge < -0.3 is 10.1 Å². The lowest BCUT2D eigenvalue weighted by Crippen LogP contribution is -2.51. The third-order valence-electron chi connectivity index (χ3n) is 3.65. The van der Waals surface area contributed by atoms with Crippen LogP contribution in [0, 0.1) is 0 Å². The number of hydrogen-bond donors (Lipinski definition) is 1. The smallest absolute Gasteiger partial charge is 0.323 e. The predicted octanol–water partition coefficient (Wildman–Crippen LogP) is 0.927. The van der Waals surface area contributed by atoms with Crippen LogP contribution in [-0.2, 0) is 14.3 Å². The maximum absolute atomic E-state index is 12.1. The summed E-state index contributed by atoms with van der Waals surface area (Å²) in [6, 6.07) is -0.391. The van der Waals surface area contributed by atoms with E-state index in [-0.39, 0.29) is 30.0 Å². The van der Waals surface area contributed by atoms with Crippen LogP contribution in [0.4, 0.5) is 0 Å². The van der Waals surface area contributed by atoms with Crippen molar-refractivity contribution >= 4 is 11.9 Å². The molecule has 0 spiro atoms. The molecule has 0 aromatic rings. The Kier molecular flexibility index (Phi) is 5.59. The molecule has 0 bridgehead atoms. The van der Waals surface area contributed by atoms with Gasteiger partial charge in [-0.25, -0.2) is 0 Å². The first-order valence-electron chi connectivity index (χ1n) is 6.65. The molecule has 104 valence electrons. The molecular weight excluding hydrogens is 232 g/mol. The molecule has 5 nitrogen and oxygen atoms in total. The van der Waals surface area contributed by atoms with Crippen molar-refractivity contribution in [1.82, 2.24) is 10.2 Å². The summed E-state index contributed by atoms with van der Waals surface area (Å²) in [7, 11) is 1.39. The van der Waals surface area contributed by atoms with Crippen LogP contribution in [0.2, 0.25) is 0 Å².